The lowest BCUT2D eigenvalue weighted by molar-refractivity contribution is -0.120. The van der Waals surface area contributed by atoms with Crippen LogP contribution in [0.15, 0.2) is 58.6 Å². The molecule has 0 bridgehead atoms. The molecular formula is C25H30N4O3S2. The molecule has 7 nitrogen and oxygen atoms in total. The second kappa shape index (κ2) is 9.71. The molecule has 0 radical (unpaired) electrons. The first kappa shape index (κ1) is 23.4. The molecule has 1 saturated heterocycles. The Labute approximate surface area is 205 Å². The Morgan fingerprint density at radius 2 is 1.85 bits per heavy atom. The highest BCUT2D eigenvalue weighted by Crippen LogP contribution is 2.38. The van der Waals surface area contributed by atoms with Crippen LogP contribution in [0.25, 0.3) is 11.0 Å². The van der Waals surface area contributed by atoms with Crippen molar-refractivity contribution in [2.24, 2.45) is 0 Å². The van der Waals surface area contributed by atoms with Gasteiger partial charge in [-0.2, -0.15) is 4.31 Å². The third kappa shape index (κ3) is 4.74. The largest absolute Gasteiger partial charge is 0.352 e. The van der Waals surface area contributed by atoms with E-state index in [2.05, 4.69) is 9.88 Å². The number of carbonyl (C=O) groups is 1. The summed E-state index contributed by atoms with van der Waals surface area (Å²) < 4.78 is 30.0. The Morgan fingerprint density at radius 1 is 1.12 bits per heavy atom. The van der Waals surface area contributed by atoms with E-state index in [0.717, 1.165) is 43.2 Å². The molecule has 1 aliphatic carbocycles. The first-order valence-electron chi connectivity index (χ1n) is 12.0. The van der Waals surface area contributed by atoms with Gasteiger partial charge in [0.15, 0.2) is 5.16 Å². The lowest BCUT2D eigenvalue weighted by Gasteiger charge is -2.25. The van der Waals surface area contributed by atoms with Crippen LogP contribution in [0, 0.1) is 0 Å². The van der Waals surface area contributed by atoms with E-state index in [-0.39, 0.29) is 16.8 Å². The van der Waals surface area contributed by atoms with Gasteiger partial charge in [-0.1, -0.05) is 48.5 Å². The fraction of sp³-hybridized carbons (Fsp3) is 0.440. The number of thioether (sulfide) groups is 1. The van der Waals surface area contributed by atoms with Gasteiger partial charge in [-0.3, -0.25) is 4.79 Å². The lowest BCUT2D eigenvalue weighted by atomic mass is 10.1. The zero-order chi connectivity index (χ0) is 23.7. The number of amides is 1. The van der Waals surface area contributed by atoms with Gasteiger partial charge in [0.25, 0.3) is 0 Å². The molecule has 5 rings (SSSR count). The number of aryl methyl sites for hydroxylation is 1. The molecule has 0 spiro atoms. The normalized spacial score (nSPS) is 18.1. The van der Waals surface area contributed by atoms with Crippen LogP contribution in [0.5, 0.6) is 0 Å². The summed E-state index contributed by atoms with van der Waals surface area (Å²) in [5.74, 6) is -0.0122. The van der Waals surface area contributed by atoms with Crippen LogP contribution >= 0.6 is 11.8 Å². The molecule has 34 heavy (non-hydrogen) atoms. The van der Waals surface area contributed by atoms with Gasteiger partial charge in [-0.05, 0) is 56.4 Å². The molecule has 2 aliphatic rings. The number of hydrogen-bond acceptors (Lipinski definition) is 5. The number of benzene rings is 2. The molecule has 2 heterocycles. The van der Waals surface area contributed by atoms with E-state index in [9.17, 15) is 13.2 Å². The zero-order valence-corrected chi connectivity index (χ0v) is 20.9. The highest BCUT2D eigenvalue weighted by Gasteiger charge is 2.31. The summed E-state index contributed by atoms with van der Waals surface area (Å²) in [6.45, 7) is 3.84. The molecule has 1 saturated carbocycles. The molecule has 2 aromatic carbocycles. The predicted molar refractivity (Wildman–Crippen MR) is 134 cm³/mol. The Balaban J connectivity index is 1.49. The number of nitrogens with one attached hydrogen (secondary N) is 1. The van der Waals surface area contributed by atoms with Crippen molar-refractivity contribution in [2.75, 3.05) is 13.1 Å². The van der Waals surface area contributed by atoms with Crippen LogP contribution < -0.4 is 5.32 Å². The topological polar surface area (TPSA) is 84.3 Å². The van der Waals surface area contributed by atoms with Crippen molar-refractivity contribution in [1.82, 2.24) is 19.2 Å². The summed E-state index contributed by atoms with van der Waals surface area (Å²) in [4.78, 5) is 18.2. The summed E-state index contributed by atoms with van der Waals surface area (Å²) >= 11 is 1.42. The third-order valence-corrected chi connectivity index (χ3v) is 9.58. The average molecular weight is 499 g/mol. The number of aromatic nitrogens is 2. The van der Waals surface area contributed by atoms with Crippen LogP contribution in [0.1, 0.15) is 49.8 Å². The molecule has 1 aromatic heterocycles. The summed E-state index contributed by atoms with van der Waals surface area (Å²) in [7, 11) is -3.54. The number of carbonyl (C=O) groups excluding carboxylic acids is 1. The van der Waals surface area contributed by atoms with Gasteiger partial charge in [0.2, 0.25) is 15.9 Å². The monoisotopic (exact) mass is 498 g/mol. The van der Waals surface area contributed by atoms with Crippen LogP contribution in [0.2, 0.25) is 0 Å². The van der Waals surface area contributed by atoms with Crippen LogP contribution in [-0.4, -0.2) is 47.3 Å². The van der Waals surface area contributed by atoms with E-state index in [0.29, 0.717) is 30.3 Å². The van der Waals surface area contributed by atoms with Crippen LogP contribution in [-0.2, 0) is 21.4 Å². The molecule has 9 heteroatoms. The molecule has 1 atom stereocenters. The minimum absolute atomic E-state index is 0.0122. The lowest BCUT2D eigenvalue weighted by Crippen LogP contribution is -2.35. The maximum Gasteiger partial charge on any atom is 0.243 e. The number of imidazole rings is 1. The van der Waals surface area contributed by atoms with E-state index in [4.69, 9.17) is 4.98 Å². The Hall–Kier alpha value is -2.36. The molecule has 3 aromatic rings. The first-order valence-corrected chi connectivity index (χ1v) is 14.3. The van der Waals surface area contributed by atoms with Gasteiger partial charge in [-0.25, -0.2) is 13.4 Å². The number of hydrogen-bond donors (Lipinski definition) is 1. The molecule has 1 unspecified atom stereocenters. The molecular weight excluding hydrogens is 468 g/mol. The summed E-state index contributed by atoms with van der Waals surface area (Å²) in [5.41, 5.74) is 2.43. The second-order valence-electron chi connectivity index (χ2n) is 8.95. The SMILES string of the molecule is CCn1c(SC(C(=O)NC2CC2)c2ccccc2)nc2cc(S(=O)(=O)N3CCCCC3)ccc21. The Bertz CT molecular complexity index is 1280. The van der Waals surface area contributed by atoms with Crippen LogP contribution in [0.3, 0.4) is 0 Å². The summed E-state index contributed by atoms with van der Waals surface area (Å²) in [6.07, 6.45) is 4.93. The Kier molecular flexibility index (Phi) is 6.68. The molecule has 1 aliphatic heterocycles. The molecule has 180 valence electrons. The van der Waals surface area contributed by atoms with E-state index in [1.807, 2.05) is 43.3 Å². The van der Waals surface area contributed by atoms with E-state index >= 15 is 0 Å². The summed E-state index contributed by atoms with van der Waals surface area (Å²) in [5, 5.41) is 3.41. The smallest absolute Gasteiger partial charge is 0.243 e. The van der Waals surface area contributed by atoms with Crippen LogP contribution in [0.4, 0.5) is 0 Å². The quantitative estimate of drug-likeness (QED) is 0.467. The van der Waals surface area contributed by atoms with Crippen molar-refractivity contribution in [1.29, 1.82) is 0 Å². The van der Waals surface area contributed by atoms with E-state index in [1.165, 1.54) is 11.8 Å². The van der Waals surface area contributed by atoms with E-state index < -0.39 is 15.3 Å². The number of rotatable bonds is 8. The van der Waals surface area contributed by atoms with Crippen molar-refractivity contribution in [3.8, 4) is 0 Å². The number of sulfonamides is 1. The standard InChI is InChI=1S/C25H30N4O3S2/c1-2-29-22-14-13-20(34(31,32)28-15-7-4-8-16-28)17-21(22)27-25(29)33-23(18-9-5-3-6-10-18)24(30)26-19-11-12-19/h3,5-6,9-10,13-14,17,19,23H,2,4,7-8,11-12,15-16H2,1H3,(H,26,30). The fourth-order valence-corrected chi connectivity index (χ4v) is 7.13. The van der Waals surface area contributed by atoms with Gasteiger partial charge in [0.05, 0.1) is 15.9 Å². The molecule has 2 fully saturated rings. The summed E-state index contributed by atoms with van der Waals surface area (Å²) in [6, 6.07) is 15.2. The predicted octanol–water partition coefficient (Wildman–Crippen LogP) is 4.34. The van der Waals surface area contributed by atoms with Gasteiger partial charge in [0, 0.05) is 25.7 Å². The number of piperidine rings is 1. The number of fused-ring (bicyclic) bond motifs is 1. The van der Waals surface area contributed by atoms with Crippen molar-refractivity contribution in [2.45, 2.75) is 66.9 Å². The van der Waals surface area contributed by atoms with Gasteiger partial charge in [-0.15, -0.1) is 0 Å². The zero-order valence-electron chi connectivity index (χ0n) is 19.3. The minimum atomic E-state index is -3.54. The van der Waals surface area contributed by atoms with Crippen molar-refractivity contribution in [3.63, 3.8) is 0 Å². The Morgan fingerprint density at radius 3 is 2.53 bits per heavy atom. The van der Waals surface area contributed by atoms with E-state index in [1.54, 1.807) is 16.4 Å². The highest BCUT2D eigenvalue weighted by atomic mass is 32.2. The third-order valence-electron chi connectivity index (χ3n) is 6.44. The van der Waals surface area contributed by atoms with Crippen molar-refractivity contribution in [3.05, 3.63) is 54.1 Å². The highest BCUT2D eigenvalue weighted by molar-refractivity contribution is 8.00. The maximum atomic E-state index is 13.2. The van der Waals surface area contributed by atoms with Gasteiger partial charge < -0.3 is 9.88 Å². The van der Waals surface area contributed by atoms with Crippen molar-refractivity contribution < 1.29 is 13.2 Å². The van der Waals surface area contributed by atoms with Crippen molar-refractivity contribution >= 4 is 38.7 Å². The molecule has 1 N–H and O–H groups in total. The second-order valence-corrected chi connectivity index (χ2v) is 12.0. The minimum Gasteiger partial charge on any atom is -0.352 e. The molecule has 1 amide bonds. The first-order chi connectivity index (χ1) is 16.5. The maximum absolute atomic E-state index is 13.2. The fourth-order valence-electron chi connectivity index (χ4n) is 4.41. The average Bonchev–Trinajstić information content (AvgIpc) is 3.61. The van der Waals surface area contributed by atoms with Gasteiger partial charge >= 0.3 is 0 Å². The van der Waals surface area contributed by atoms with Gasteiger partial charge in [0.1, 0.15) is 5.25 Å². The number of nitrogens with zero attached hydrogens (tertiary/aromatic N) is 3.